The highest BCUT2D eigenvalue weighted by Gasteiger charge is 2.65. The van der Waals surface area contributed by atoms with Gasteiger partial charge < -0.3 is 4.74 Å². The van der Waals surface area contributed by atoms with E-state index in [1.54, 1.807) is 5.57 Å². The van der Waals surface area contributed by atoms with Crippen LogP contribution in [0.3, 0.4) is 0 Å². The second-order valence-corrected chi connectivity index (χ2v) is 9.51. The maximum atomic E-state index is 11.9. The highest BCUT2D eigenvalue weighted by Crippen LogP contribution is 2.67. The molecule has 134 valence electrons. The minimum atomic E-state index is -0.212. The van der Waals surface area contributed by atoms with E-state index < -0.39 is 0 Å². The van der Waals surface area contributed by atoms with Gasteiger partial charge in [0.15, 0.2) is 5.78 Å². The normalized spacial score (nSPS) is 48.4. The van der Waals surface area contributed by atoms with E-state index in [2.05, 4.69) is 19.9 Å². The smallest absolute Gasteiger partial charge is 0.306 e. The third-order valence-corrected chi connectivity index (χ3v) is 8.67. The lowest BCUT2D eigenvalue weighted by Gasteiger charge is -2.54. The zero-order valence-corrected chi connectivity index (χ0v) is 15.4. The summed E-state index contributed by atoms with van der Waals surface area (Å²) in [7, 11) is 0. The van der Waals surface area contributed by atoms with Crippen LogP contribution in [0.15, 0.2) is 23.3 Å². The summed E-state index contributed by atoms with van der Waals surface area (Å²) in [6, 6.07) is 0. The minimum Gasteiger partial charge on any atom is -0.458 e. The molecule has 4 aliphatic carbocycles. The van der Waals surface area contributed by atoms with Gasteiger partial charge in [0.1, 0.15) is 5.60 Å². The molecule has 0 amide bonds. The molecule has 2 saturated carbocycles. The first kappa shape index (κ1) is 15.8. The van der Waals surface area contributed by atoms with E-state index in [1.807, 2.05) is 6.08 Å². The van der Waals surface area contributed by atoms with Crippen LogP contribution in [0.2, 0.25) is 0 Å². The topological polar surface area (TPSA) is 43.4 Å². The quantitative estimate of drug-likeness (QED) is 0.481. The van der Waals surface area contributed by atoms with Crippen molar-refractivity contribution in [3.63, 3.8) is 0 Å². The Labute approximate surface area is 149 Å². The maximum Gasteiger partial charge on any atom is 0.306 e. The summed E-state index contributed by atoms with van der Waals surface area (Å²) >= 11 is 0. The van der Waals surface area contributed by atoms with Gasteiger partial charge in [-0.3, -0.25) is 9.59 Å². The number of fused-ring (bicyclic) bond motifs is 6. The summed E-state index contributed by atoms with van der Waals surface area (Å²) in [5.74, 6) is 1.54. The highest BCUT2D eigenvalue weighted by molar-refractivity contribution is 5.92. The summed E-state index contributed by atoms with van der Waals surface area (Å²) in [6.07, 6.45) is 13.1. The first-order valence-electron chi connectivity index (χ1n) is 10.0. The Bertz CT molecular complexity index is 732. The number of esters is 1. The molecule has 3 fully saturated rings. The number of carbonyl (C=O) groups excluding carboxylic acids is 2. The van der Waals surface area contributed by atoms with Crippen LogP contribution in [0.4, 0.5) is 0 Å². The summed E-state index contributed by atoms with van der Waals surface area (Å²) in [4.78, 5) is 23.8. The molecule has 1 spiro atoms. The molecule has 0 bridgehead atoms. The molecule has 0 radical (unpaired) electrons. The van der Waals surface area contributed by atoms with Gasteiger partial charge in [-0.25, -0.2) is 0 Å². The lowest BCUT2D eigenvalue weighted by atomic mass is 9.50. The van der Waals surface area contributed by atoms with E-state index in [-0.39, 0.29) is 22.4 Å². The highest BCUT2D eigenvalue weighted by atomic mass is 16.6. The number of allylic oxidation sites excluding steroid dienone is 4. The summed E-state index contributed by atoms with van der Waals surface area (Å²) < 4.78 is 5.98. The number of hydrogen-bond donors (Lipinski definition) is 0. The van der Waals surface area contributed by atoms with Crippen LogP contribution in [0.25, 0.3) is 0 Å². The molecule has 0 aromatic rings. The molecule has 3 heteroatoms. The largest absolute Gasteiger partial charge is 0.458 e. The van der Waals surface area contributed by atoms with E-state index in [0.29, 0.717) is 30.5 Å². The molecule has 4 unspecified atom stereocenters. The van der Waals surface area contributed by atoms with Gasteiger partial charge in [0.05, 0.1) is 0 Å². The molecule has 1 heterocycles. The second-order valence-electron chi connectivity index (χ2n) is 9.51. The van der Waals surface area contributed by atoms with Crippen molar-refractivity contribution in [1.82, 2.24) is 0 Å². The van der Waals surface area contributed by atoms with Gasteiger partial charge in [-0.15, -0.1) is 0 Å². The SMILES string of the molecule is CC12CCC(=O)C=C1CCC1C2=CC[C@@]2(C)C1CCC21CCC(=O)O1. The number of ether oxygens (including phenoxy) is 1. The van der Waals surface area contributed by atoms with Crippen molar-refractivity contribution in [3.8, 4) is 0 Å². The van der Waals surface area contributed by atoms with E-state index in [4.69, 9.17) is 4.74 Å². The number of hydrogen-bond acceptors (Lipinski definition) is 3. The van der Waals surface area contributed by atoms with Crippen molar-refractivity contribution < 1.29 is 14.3 Å². The first-order chi connectivity index (χ1) is 11.9. The molecule has 0 aromatic carbocycles. The zero-order chi connectivity index (χ0) is 17.4. The van der Waals surface area contributed by atoms with Gasteiger partial charge in [0.25, 0.3) is 0 Å². The zero-order valence-electron chi connectivity index (χ0n) is 15.4. The Hall–Kier alpha value is -1.38. The lowest BCUT2D eigenvalue weighted by Crippen LogP contribution is -2.50. The van der Waals surface area contributed by atoms with Gasteiger partial charge >= 0.3 is 5.97 Å². The fourth-order valence-corrected chi connectivity index (χ4v) is 7.14. The second kappa shape index (κ2) is 4.86. The molecule has 5 atom stereocenters. The lowest BCUT2D eigenvalue weighted by molar-refractivity contribution is -0.160. The van der Waals surface area contributed by atoms with Gasteiger partial charge in [0.2, 0.25) is 0 Å². The fraction of sp³-hybridized carbons (Fsp3) is 0.727. The fourth-order valence-electron chi connectivity index (χ4n) is 7.14. The van der Waals surface area contributed by atoms with Crippen LogP contribution in [-0.4, -0.2) is 17.4 Å². The number of ketones is 1. The van der Waals surface area contributed by atoms with Crippen LogP contribution in [-0.2, 0) is 14.3 Å². The maximum absolute atomic E-state index is 11.9. The summed E-state index contributed by atoms with van der Waals surface area (Å²) in [5, 5.41) is 0. The van der Waals surface area contributed by atoms with Crippen molar-refractivity contribution in [2.45, 2.75) is 77.2 Å². The Balaban J connectivity index is 1.55. The Morgan fingerprint density at radius 1 is 1.04 bits per heavy atom. The molecule has 25 heavy (non-hydrogen) atoms. The molecular formula is C22H28O3. The van der Waals surface area contributed by atoms with Gasteiger partial charge in [-0.2, -0.15) is 0 Å². The van der Waals surface area contributed by atoms with Crippen molar-refractivity contribution in [1.29, 1.82) is 0 Å². The van der Waals surface area contributed by atoms with Crippen LogP contribution >= 0.6 is 0 Å². The van der Waals surface area contributed by atoms with Crippen LogP contribution < -0.4 is 0 Å². The summed E-state index contributed by atoms with van der Waals surface area (Å²) in [6.45, 7) is 4.75. The third kappa shape index (κ3) is 1.88. The van der Waals surface area contributed by atoms with E-state index >= 15 is 0 Å². The van der Waals surface area contributed by atoms with Crippen molar-refractivity contribution in [3.05, 3.63) is 23.3 Å². The molecular weight excluding hydrogens is 312 g/mol. The van der Waals surface area contributed by atoms with Crippen molar-refractivity contribution in [2.75, 3.05) is 0 Å². The molecule has 5 rings (SSSR count). The average Bonchev–Trinajstić information content (AvgIpc) is 3.10. The standard InChI is InChI=1S/C22H28O3/c1-20-9-5-15(23)13-14(20)3-4-16-17(20)6-10-21(2)18(16)7-11-22(21)12-8-19(24)25-22/h6,13,16,18H,3-5,7-12H2,1-2H3/t16?,18?,20?,21-,22?/m0/s1. The van der Waals surface area contributed by atoms with Crippen molar-refractivity contribution >= 4 is 11.8 Å². The minimum absolute atomic E-state index is 0.00303. The van der Waals surface area contributed by atoms with Gasteiger partial charge in [0, 0.05) is 23.7 Å². The molecule has 1 saturated heterocycles. The summed E-state index contributed by atoms with van der Waals surface area (Å²) in [5.41, 5.74) is 2.95. The third-order valence-electron chi connectivity index (χ3n) is 8.67. The molecule has 5 aliphatic rings. The van der Waals surface area contributed by atoms with E-state index in [1.165, 1.54) is 12.0 Å². The Morgan fingerprint density at radius 3 is 2.64 bits per heavy atom. The van der Waals surface area contributed by atoms with Crippen LogP contribution in [0, 0.1) is 22.7 Å². The Kier molecular flexibility index (Phi) is 3.08. The van der Waals surface area contributed by atoms with Gasteiger partial charge in [-0.1, -0.05) is 31.1 Å². The average molecular weight is 340 g/mol. The monoisotopic (exact) mass is 340 g/mol. The predicted molar refractivity (Wildman–Crippen MR) is 94.7 cm³/mol. The first-order valence-corrected chi connectivity index (χ1v) is 10.0. The van der Waals surface area contributed by atoms with E-state index in [0.717, 1.165) is 38.5 Å². The molecule has 3 nitrogen and oxygen atoms in total. The molecule has 1 aliphatic heterocycles. The Morgan fingerprint density at radius 2 is 1.88 bits per heavy atom. The van der Waals surface area contributed by atoms with Crippen LogP contribution in [0.1, 0.15) is 71.6 Å². The van der Waals surface area contributed by atoms with E-state index in [9.17, 15) is 9.59 Å². The molecule has 0 N–H and O–H groups in total. The van der Waals surface area contributed by atoms with Crippen LogP contribution in [0.5, 0.6) is 0 Å². The molecule has 0 aromatic heterocycles. The predicted octanol–water partition coefficient (Wildman–Crippen LogP) is 4.51. The van der Waals surface area contributed by atoms with Gasteiger partial charge in [-0.05, 0) is 62.9 Å². The number of carbonyl (C=O) groups is 2. The number of rotatable bonds is 0. The van der Waals surface area contributed by atoms with Crippen molar-refractivity contribution in [2.24, 2.45) is 22.7 Å².